The number of rotatable bonds is 5. The second-order valence-corrected chi connectivity index (χ2v) is 6.40. The van der Waals surface area contributed by atoms with Gasteiger partial charge in [0.05, 0.1) is 5.56 Å². The summed E-state index contributed by atoms with van der Waals surface area (Å²) in [4.78, 5) is 16.3. The highest BCUT2D eigenvalue weighted by Gasteiger charge is 2.35. The highest BCUT2D eigenvalue weighted by atomic mass is 16.4. The quantitative estimate of drug-likeness (QED) is 0.899. The summed E-state index contributed by atoms with van der Waals surface area (Å²) < 4.78 is 0. The number of fused-ring (bicyclic) bond motifs is 3. The number of nitrogens with zero attached hydrogens (tertiary/aromatic N) is 2. The molecule has 0 spiro atoms. The van der Waals surface area contributed by atoms with Gasteiger partial charge in [-0.3, -0.25) is 0 Å². The van der Waals surface area contributed by atoms with Gasteiger partial charge in [-0.1, -0.05) is 18.2 Å². The van der Waals surface area contributed by atoms with Gasteiger partial charge in [-0.05, 0) is 56.9 Å². The standard InChI is InChI=1S/C17H24N2O2/c1-18(16-12-19-10-7-14(16)8-11-19)9-6-13-4-2-3-5-15(13)17(20)21/h2-5,14,16H,6-12H2,1H3,(H,20,21). The maximum atomic E-state index is 11.3. The Balaban J connectivity index is 1.61. The van der Waals surface area contributed by atoms with Gasteiger partial charge >= 0.3 is 5.97 Å². The molecule has 4 rings (SSSR count). The number of carboxylic acids is 1. The molecule has 1 aromatic rings. The molecule has 1 atom stereocenters. The lowest BCUT2D eigenvalue weighted by molar-refractivity contribution is 0.0172. The molecule has 3 heterocycles. The Kier molecular flexibility index (Phi) is 4.27. The van der Waals surface area contributed by atoms with E-state index in [4.69, 9.17) is 0 Å². The van der Waals surface area contributed by atoms with Crippen molar-refractivity contribution in [1.82, 2.24) is 9.80 Å². The molecule has 1 N–H and O–H groups in total. The van der Waals surface area contributed by atoms with Crippen molar-refractivity contribution in [2.75, 3.05) is 33.2 Å². The van der Waals surface area contributed by atoms with Gasteiger partial charge in [0.2, 0.25) is 0 Å². The van der Waals surface area contributed by atoms with Crippen LogP contribution in [0.5, 0.6) is 0 Å². The molecular formula is C17H24N2O2. The fraction of sp³-hybridized carbons (Fsp3) is 0.588. The number of aromatic carboxylic acids is 1. The molecule has 3 fully saturated rings. The maximum Gasteiger partial charge on any atom is 0.335 e. The highest BCUT2D eigenvalue weighted by Crippen LogP contribution is 2.30. The van der Waals surface area contributed by atoms with E-state index in [1.165, 1.54) is 32.5 Å². The fourth-order valence-corrected chi connectivity index (χ4v) is 3.84. The van der Waals surface area contributed by atoms with Crippen LogP contribution in [0.25, 0.3) is 0 Å². The molecule has 2 bridgehead atoms. The fourth-order valence-electron chi connectivity index (χ4n) is 3.84. The summed E-state index contributed by atoms with van der Waals surface area (Å²) in [6.45, 7) is 4.63. The van der Waals surface area contributed by atoms with E-state index in [1.54, 1.807) is 12.1 Å². The minimum atomic E-state index is -0.823. The van der Waals surface area contributed by atoms with Crippen LogP contribution in [0.3, 0.4) is 0 Å². The lowest BCUT2D eigenvalue weighted by Crippen LogP contribution is -2.56. The molecule has 0 aliphatic carbocycles. The first-order valence-corrected chi connectivity index (χ1v) is 7.89. The monoisotopic (exact) mass is 288 g/mol. The zero-order valence-electron chi connectivity index (χ0n) is 12.7. The summed E-state index contributed by atoms with van der Waals surface area (Å²) >= 11 is 0. The van der Waals surface area contributed by atoms with Crippen LogP contribution in [0.2, 0.25) is 0 Å². The average Bonchev–Trinajstić information content (AvgIpc) is 2.53. The smallest absolute Gasteiger partial charge is 0.335 e. The number of likely N-dealkylation sites (N-methyl/N-ethyl adjacent to an activating group) is 1. The van der Waals surface area contributed by atoms with Crippen molar-refractivity contribution in [3.8, 4) is 0 Å². The van der Waals surface area contributed by atoms with Crippen LogP contribution in [0.1, 0.15) is 28.8 Å². The normalized spacial score (nSPS) is 28.0. The van der Waals surface area contributed by atoms with Crippen molar-refractivity contribution in [1.29, 1.82) is 0 Å². The molecule has 0 amide bonds. The average molecular weight is 288 g/mol. The first-order valence-electron chi connectivity index (χ1n) is 7.89. The van der Waals surface area contributed by atoms with Crippen molar-refractivity contribution in [3.63, 3.8) is 0 Å². The van der Waals surface area contributed by atoms with E-state index < -0.39 is 5.97 Å². The minimum absolute atomic E-state index is 0.444. The zero-order chi connectivity index (χ0) is 14.8. The Bertz CT molecular complexity index is 509. The second-order valence-electron chi connectivity index (χ2n) is 6.40. The highest BCUT2D eigenvalue weighted by molar-refractivity contribution is 5.89. The molecule has 0 saturated carbocycles. The van der Waals surface area contributed by atoms with Crippen molar-refractivity contribution in [3.05, 3.63) is 35.4 Å². The van der Waals surface area contributed by atoms with Gasteiger partial charge in [0.15, 0.2) is 0 Å². The van der Waals surface area contributed by atoms with E-state index in [0.29, 0.717) is 11.6 Å². The molecule has 1 aromatic carbocycles. The lowest BCUT2D eigenvalue weighted by Gasteiger charge is -2.48. The molecule has 0 aromatic heterocycles. The van der Waals surface area contributed by atoms with Gasteiger partial charge < -0.3 is 14.9 Å². The summed E-state index contributed by atoms with van der Waals surface area (Å²) in [7, 11) is 2.19. The molecule has 21 heavy (non-hydrogen) atoms. The summed E-state index contributed by atoms with van der Waals surface area (Å²) in [6, 6.07) is 8.00. The molecule has 4 heteroatoms. The van der Waals surface area contributed by atoms with Gasteiger partial charge in [-0.15, -0.1) is 0 Å². The summed E-state index contributed by atoms with van der Waals surface area (Å²) in [6.07, 6.45) is 3.45. The zero-order valence-corrected chi connectivity index (χ0v) is 12.7. The molecule has 3 saturated heterocycles. The SMILES string of the molecule is CN(CCc1ccccc1C(=O)O)C1CN2CCC1CC2. The van der Waals surface area contributed by atoms with Crippen molar-refractivity contribution < 1.29 is 9.90 Å². The van der Waals surface area contributed by atoms with Crippen LogP contribution in [0.4, 0.5) is 0 Å². The van der Waals surface area contributed by atoms with Crippen molar-refractivity contribution >= 4 is 5.97 Å². The molecule has 3 aliphatic rings. The molecular weight excluding hydrogens is 264 g/mol. The van der Waals surface area contributed by atoms with Crippen LogP contribution in [0, 0.1) is 5.92 Å². The van der Waals surface area contributed by atoms with Gasteiger partial charge in [0.1, 0.15) is 0 Å². The molecule has 1 unspecified atom stereocenters. The Morgan fingerprint density at radius 2 is 2.05 bits per heavy atom. The van der Waals surface area contributed by atoms with Gasteiger partial charge in [0.25, 0.3) is 0 Å². The van der Waals surface area contributed by atoms with Crippen LogP contribution in [-0.4, -0.2) is 60.1 Å². The minimum Gasteiger partial charge on any atom is -0.478 e. The number of hydrogen-bond donors (Lipinski definition) is 1. The lowest BCUT2D eigenvalue weighted by atomic mass is 9.83. The number of carboxylic acid groups (broad SMARTS) is 1. The largest absolute Gasteiger partial charge is 0.478 e. The van der Waals surface area contributed by atoms with E-state index in [1.807, 2.05) is 12.1 Å². The number of benzene rings is 1. The molecule has 4 nitrogen and oxygen atoms in total. The molecule has 114 valence electrons. The predicted molar refractivity (Wildman–Crippen MR) is 82.7 cm³/mol. The van der Waals surface area contributed by atoms with E-state index in [2.05, 4.69) is 16.8 Å². The third-order valence-electron chi connectivity index (χ3n) is 5.17. The molecule has 0 radical (unpaired) electrons. The Morgan fingerprint density at radius 1 is 1.33 bits per heavy atom. The van der Waals surface area contributed by atoms with E-state index in [-0.39, 0.29) is 0 Å². The first kappa shape index (κ1) is 14.5. The Hall–Kier alpha value is -1.39. The number of hydrogen-bond acceptors (Lipinski definition) is 3. The van der Waals surface area contributed by atoms with Gasteiger partial charge in [-0.25, -0.2) is 4.79 Å². The van der Waals surface area contributed by atoms with Crippen molar-refractivity contribution in [2.24, 2.45) is 5.92 Å². The van der Waals surface area contributed by atoms with Crippen LogP contribution in [0.15, 0.2) is 24.3 Å². The Morgan fingerprint density at radius 3 is 2.67 bits per heavy atom. The van der Waals surface area contributed by atoms with Crippen LogP contribution in [-0.2, 0) is 6.42 Å². The second kappa shape index (κ2) is 6.16. The Labute approximate surface area is 126 Å². The first-order chi connectivity index (χ1) is 10.1. The third-order valence-corrected chi connectivity index (χ3v) is 5.17. The van der Waals surface area contributed by atoms with Gasteiger partial charge in [0, 0.05) is 19.1 Å². The summed E-state index contributed by atoms with van der Waals surface area (Å²) in [5.74, 6) is 0.00538. The van der Waals surface area contributed by atoms with E-state index >= 15 is 0 Å². The predicted octanol–water partition coefficient (Wildman–Crippen LogP) is 1.95. The van der Waals surface area contributed by atoms with Crippen LogP contribution >= 0.6 is 0 Å². The molecule has 3 aliphatic heterocycles. The summed E-state index contributed by atoms with van der Waals surface area (Å²) in [5, 5.41) is 9.25. The van der Waals surface area contributed by atoms with E-state index in [0.717, 1.165) is 24.4 Å². The summed E-state index contributed by atoms with van der Waals surface area (Å²) in [5.41, 5.74) is 1.39. The van der Waals surface area contributed by atoms with E-state index in [9.17, 15) is 9.90 Å². The third kappa shape index (κ3) is 3.11. The van der Waals surface area contributed by atoms with Crippen molar-refractivity contribution in [2.45, 2.75) is 25.3 Å². The van der Waals surface area contributed by atoms with Crippen LogP contribution < -0.4 is 0 Å². The topological polar surface area (TPSA) is 43.8 Å². The number of piperidine rings is 3. The van der Waals surface area contributed by atoms with Gasteiger partial charge in [-0.2, -0.15) is 0 Å². The number of carbonyl (C=O) groups is 1. The maximum absolute atomic E-state index is 11.3.